The summed E-state index contributed by atoms with van der Waals surface area (Å²) in [5.41, 5.74) is -0.0106. The van der Waals surface area contributed by atoms with Gasteiger partial charge < -0.3 is 19.1 Å². The summed E-state index contributed by atoms with van der Waals surface area (Å²) in [6.45, 7) is 3.98. The van der Waals surface area contributed by atoms with Gasteiger partial charge in [-0.2, -0.15) is 0 Å². The van der Waals surface area contributed by atoms with Crippen LogP contribution in [0, 0.1) is 10.1 Å². The number of nitro benzene ring substituents is 1. The fourth-order valence-electron chi connectivity index (χ4n) is 2.72. The third-order valence-electron chi connectivity index (χ3n) is 3.95. The molecule has 1 aromatic rings. The summed E-state index contributed by atoms with van der Waals surface area (Å²) in [5, 5.41) is 11.1. The molecule has 0 saturated carbocycles. The van der Waals surface area contributed by atoms with E-state index in [1.165, 1.54) is 12.1 Å². The molecule has 1 fully saturated rings. The first-order valence-corrected chi connectivity index (χ1v) is 7.59. The molecule has 0 unspecified atom stereocenters. The Morgan fingerprint density at radius 2 is 2.13 bits per heavy atom. The number of rotatable bonds is 3. The van der Waals surface area contributed by atoms with Crippen LogP contribution in [0.5, 0.6) is 11.5 Å². The smallest absolute Gasteiger partial charge is 0.274 e. The van der Waals surface area contributed by atoms with Gasteiger partial charge in [-0.25, -0.2) is 0 Å². The van der Waals surface area contributed by atoms with Gasteiger partial charge in [-0.15, -0.1) is 0 Å². The minimum atomic E-state index is -0.539. The quantitative estimate of drug-likeness (QED) is 0.620. The van der Waals surface area contributed by atoms with Crippen LogP contribution in [0.2, 0.25) is 0 Å². The van der Waals surface area contributed by atoms with Crippen molar-refractivity contribution >= 4 is 11.6 Å². The summed E-state index contributed by atoms with van der Waals surface area (Å²) in [6.07, 6.45) is 0.788. The number of nitro groups is 1. The van der Waals surface area contributed by atoms with Gasteiger partial charge in [0.15, 0.2) is 11.5 Å². The molecule has 2 heterocycles. The molecule has 1 saturated heterocycles. The molecule has 3 rings (SSSR count). The third-order valence-corrected chi connectivity index (χ3v) is 3.95. The lowest BCUT2D eigenvalue weighted by Gasteiger charge is -2.33. The highest BCUT2D eigenvalue weighted by Gasteiger charge is 2.30. The molecule has 1 aromatic carbocycles. The largest absolute Gasteiger partial charge is 0.486 e. The summed E-state index contributed by atoms with van der Waals surface area (Å²) in [4.78, 5) is 25.0. The Morgan fingerprint density at radius 3 is 2.87 bits per heavy atom. The zero-order chi connectivity index (χ0) is 16.4. The number of carbonyl (C=O) groups excluding carboxylic acids is 1. The van der Waals surface area contributed by atoms with Gasteiger partial charge >= 0.3 is 0 Å². The van der Waals surface area contributed by atoms with Gasteiger partial charge in [0.05, 0.1) is 29.3 Å². The fraction of sp³-hybridized carbons (Fsp3) is 0.533. The maximum Gasteiger partial charge on any atom is 0.274 e. The molecule has 0 bridgehead atoms. The second-order valence-corrected chi connectivity index (χ2v) is 5.43. The molecule has 0 aliphatic carbocycles. The topological polar surface area (TPSA) is 91.1 Å². The fourth-order valence-corrected chi connectivity index (χ4v) is 2.72. The van der Waals surface area contributed by atoms with Crippen molar-refractivity contribution in [2.75, 3.05) is 32.9 Å². The molecule has 1 atom stereocenters. The van der Waals surface area contributed by atoms with Crippen LogP contribution in [0.4, 0.5) is 5.69 Å². The predicted molar refractivity (Wildman–Crippen MR) is 80.0 cm³/mol. The van der Waals surface area contributed by atoms with Crippen LogP contribution in [0.15, 0.2) is 12.1 Å². The van der Waals surface area contributed by atoms with Crippen molar-refractivity contribution in [2.45, 2.75) is 19.4 Å². The monoisotopic (exact) mass is 322 g/mol. The van der Waals surface area contributed by atoms with Crippen molar-refractivity contribution in [3.8, 4) is 11.5 Å². The highest BCUT2D eigenvalue weighted by molar-refractivity contribution is 5.98. The normalized spacial score (nSPS) is 20.2. The van der Waals surface area contributed by atoms with Crippen LogP contribution in [0.3, 0.4) is 0 Å². The molecule has 23 heavy (non-hydrogen) atoms. The Morgan fingerprint density at radius 1 is 1.35 bits per heavy atom. The molecule has 1 amide bonds. The van der Waals surface area contributed by atoms with Crippen molar-refractivity contribution in [3.63, 3.8) is 0 Å². The zero-order valence-corrected chi connectivity index (χ0v) is 12.8. The molecule has 0 radical (unpaired) electrons. The number of non-ortho nitro benzene ring substituents is 1. The summed E-state index contributed by atoms with van der Waals surface area (Å²) >= 11 is 0. The van der Waals surface area contributed by atoms with Crippen LogP contribution in [0.25, 0.3) is 0 Å². The van der Waals surface area contributed by atoms with Crippen LogP contribution in [-0.2, 0) is 4.74 Å². The number of nitrogens with zero attached hydrogens (tertiary/aromatic N) is 2. The molecule has 0 spiro atoms. The maximum atomic E-state index is 12.8. The van der Waals surface area contributed by atoms with E-state index in [2.05, 4.69) is 0 Å². The first kappa shape index (κ1) is 15.5. The van der Waals surface area contributed by atoms with E-state index in [1.54, 1.807) is 4.90 Å². The predicted octanol–water partition coefficient (Wildman–Crippen LogP) is 1.62. The summed E-state index contributed by atoms with van der Waals surface area (Å²) in [7, 11) is 0. The van der Waals surface area contributed by atoms with Gasteiger partial charge in [0.1, 0.15) is 13.2 Å². The van der Waals surface area contributed by atoms with Gasteiger partial charge in [-0.05, 0) is 6.42 Å². The molecule has 2 aliphatic rings. The average molecular weight is 322 g/mol. The minimum Gasteiger partial charge on any atom is -0.486 e. The van der Waals surface area contributed by atoms with E-state index in [9.17, 15) is 14.9 Å². The molecule has 0 aromatic heterocycles. The number of ether oxygens (including phenoxy) is 3. The van der Waals surface area contributed by atoms with Crippen LogP contribution < -0.4 is 9.47 Å². The van der Waals surface area contributed by atoms with Crippen molar-refractivity contribution in [3.05, 3.63) is 27.8 Å². The van der Waals surface area contributed by atoms with E-state index in [4.69, 9.17) is 14.2 Å². The number of benzene rings is 1. The first-order valence-electron chi connectivity index (χ1n) is 7.59. The Balaban J connectivity index is 1.95. The Kier molecular flexibility index (Phi) is 4.33. The molecule has 0 N–H and O–H groups in total. The number of hydrogen-bond donors (Lipinski definition) is 0. The van der Waals surface area contributed by atoms with E-state index in [0.717, 1.165) is 6.42 Å². The Bertz CT molecular complexity index is 633. The Hall–Kier alpha value is -2.35. The van der Waals surface area contributed by atoms with Crippen LogP contribution >= 0.6 is 0 Å². The zero-order valence-electron chi connectivity index (χ0n) is 12.8. The SMILES string of the molecule is CC[C@H]1CN(C(=O)c2cc([N+](=O)[O-])cc3c2OCCO3)CCO1. The molecule has 8 heteroatoms. The van der Waals surface area contributed by atoms with Gasteiger partial charge in [0.2, 0.25) is 0 Å². The number of morpholine rings is 1. The number of hydrogen-bond acceptors (Lipinski definition) is 6. The second kappa shape index (κ2) is 6.41. The lowest BCUT2D eigenvalue weighted by Crippen LogP contribution is -2.45. The van der Waals surface area contributed by atoms with Gasteiger partial charge in [0, 0.05) is 19.2 Å². The lowest BCUT2D eigenvalue weighted by atomic mass is 10.1. The maximum absolute atomic E-state index is 12.8. The first-order chi connectivity index (χ1) is 11.1. The van der Waals surface area contributed by atoms with Crippen molar-refractivity contribution in [2.24, 2.45) is 0 Å². The molecular formula is C15H18N2O6. The summed E-state index contributed by atoms with van der Waals surface area (Å²) in [5.74, 6) is 0.234. The molecule has 124 valence electrons. The van der Waals surface area contributed by atoms with Crippen molar-refractivity contribution in [1.29, 1.82) is 0 Å². The summed E-state index contributed by atoms with van der Waals surface area (Å²) in [6, 6.07) is 2.55. The molecule has 2 aliphatic heterocycles. The average Bonchev–Trinajstić information content (AvgIpc) is 2.60. The number of amides is 1. The third kappa shape index (κ3) is 3.07. The Labute approximate surface area is 133 Å². The van der Waals surface area contributed by atoms with E-state index in [0.29, 0.717) is 32.9 Å². The van der Waals surface area contributed by atoms with Crippen molar-refractivity contribution in [1.82, 2.24) is 4.90 Å². The van der Waals surface area contributed by atoms with Gasteiger partial charge in [-0.1, -0.05) is 6.92 Å². The van der Waals surface area contributed by atoms with Crippen LogP contribution in [-0.4, -0.2) is 54.7 Å². The van der Waals surface area contributed by atoms with E-state index in [1.807, 2.05) is 6.92 Å². The molecular weight excluding hydrogens is 304 g/mol. The van der Waals surface area contributed by atoms with E-state index in [-0.39, 0.29) is 34.8 Å². The minimum absolute atomic E-state index is 0.0145. The standard InChI is InChI=1S/C15H18N2O6/c1-2-11-9-16(3-4-21-11)15(18)12-7-10(17(19)20)8-13-14(12)23-6-5-22-13/h7-8,11H,2-6,9H2,1H3/t11-/m0/s1. The van der Waals surface area contributed by atoms with Gasteiger partial charge in [-0.3, -0.25) is 14.9 Å². The second-order valence-electron chi connectivity index (χ2n) is 5.43. The van der Waals surface area contributed by atoms with E-state index < -0.39 is 4.92 Å². The highest BCUT2D eigenvalue weighted by Crippen LogP contribution is 2.38. The van der Waals surface area contributed by atoms with Gasteiger partial charge in [0.25, 0.3) is 11.6 Å². The molecule has 8 nitrogen and oxygen atoms in total. The number of fused-ring (bicyclic) bond motifs is 1. The highest BCUT2D eigenvalue weighted by atomic mass is 16.6. The lowest BCUT2D eigenvalue weighted by molar-refractivity contribution is -0.385. The van der Waals surface area contributed by atoms with Crippen molar-refractivity contribution < 1.29 is 23.9 Å². The number of carbonyl (C=O) groups is 1. The summed E-state index contributed by atoms with van der Waals surface area (Å²) < 4.78 is 16.5. The van der Waals surface area contributed by atoms with Crippen LogP contribution in [0.1, 0.15) is 23.7 Å². The van der Waals surface area contributed by atoms with E-state index >= 15 is 0 Å².